The van der Waals surface area contributed by atoms with Crippen LogP contribution in [0.3, 0.4) is 0 Å². The molecule has 0 bridgehead atoms. The minimum absolute atomic E-state index is 0. The van der Waals surface area contributed by atoms with Crippen LogP contribution in [0.5, 0.6) is 0 Å². The van der Waals surface area contributed by atoms with Crippen LogP contribution in [-0.4, -0.2) is 156 Å². The maximum Gasteiger partial charge on any atom is 0.187 e. The molecule has 70 valence electrons. The Balaban J connectivity index is 0. The van der Waals surface area contributed by atoms with Gasteiger partial charge in [-0.15, -0.1) is 0 Å². The van der Waals surface area contributed by atoms with E-state index in [1.165, 1.54) is 0 Å². The van der Waals surface area contributed by atoms with Crippen molar-refractivity contribution in [3.8, 4) is 0 Å². The third-order valence-corrected chi connectivity index (χ3v) is 0. The zero-order valence-corrected chi connectivity index (χ0v) is 2.92. The van der Waals surface area contributed by atoms with Crippen molar-refractivity contribution in [1.29, 1.82) is 0 Å². The largest absolute Gasteiger partial charge is 0.187 e. The van der Waals surface area contributed by atoms with Gasteiger partial charge in [-0.2, -0.15) is 0 Å². The van der Waals surface area contributed by atoms with Crippen molar-refractivity contribution >= 4 is 156 Å². The Hall–Kier alpha value is 5.83. The molecule has 0 aliphatic carbocycles. The number of rotatable bonds is 0. The molecule has 0 aliphatic heterocycles. The predicted molar refractivity (Wildman–Crippen MR) is 89.5 cm³/mol. The minimum atomic E-state index is 0. The second-order valence-corrected chi connectivity index (χ2v) is 0. The molecule has 0 fully saturated rings. The van der Waals surface area contributed by atoms with Crippen LogP contribution in [0.25, 0.3) is 0 Å². The third-order valence-electron chi connectivity index (χ3n) is 0. The normalized spacial score (nSPS) is 0. The van der Waals surface area contributed by atoms with Gasteiger partial charge in [-0.05, 0) is 0 Å². The fraction of sp³-hybridized carbons (Fsp3) is 0. The molecule has 0 spiro atoms. The van der Waals surface area contributed by atoms with E-state index >= 15 is 0 Å². The fourth-order valence-electron chi connectivity index (χ4n) is 0. The van der Waals surface area contributed by atoms with Gasteiger partial charge < -0.3 is 0 Å². The van der Waals surface area contributed by atoms with E-state index in [2.05, 4.69) is 0 Å². The first-order valence-electron chi connectivity index (χ1n) is 0. The van der Waals surface area contributed by atoms with Gasteiger partial charge in [-0.3, -0.25) is 0 Å². The topological polar surface area (TPSA) is 0 Å². The molecule has 0 radical (unpaired) electrons. The smallest absolute Gasteiger partial charge is 0 e. The third kappa shape index (κ3) is 89.1. The van der Waals surface area contributed by atoms with Crippen molar-refractivity contribution in [2.75, 3.05) is 0 Å². The van der Waals surface area contributed by atoms with Gasteiger partial charge in [0.25, 0.3) is 0 Å². The van der Waals surface area contributed by atoms with E-state index < -0.39 is 0 Å². The summed E-state index contributed by atoms with van der Waals surface area (Å²) in [6.07, 6.45) is 0. The quantitative estimate of drug-likeness (QED) is 0.366. The maximum absolute atomic E-state index is 0. The number of hydrogen-bond donors (Lipinski definition) is 0. The van der Waals surface area contributed by atoms with Crippen molar-refractivity contribution < 1.29 is 34.1 Å². The van der Waals surface area contributed by atoms with Crippen molar-refractivity contribution in [3.63, 3.8) is 0 Å². The van der Waals surface area contributed by atoms with Gasteiger partial charge in [0.1, 0.15) is 0 Å². The molecule has 0 saturated heterocycles. The summed E-state index contributed by atoms with van der Waals surface area (Å²) in [5.74, 6) is 0. The molecule has 0 aromatic rings. The van der Waals surface area contributed by atoms with E-state index in [1.807, 2.05) is 0 Å². The van der Waals surface area contributed by atoms with Gasteiger partial charge in [-0.25, -0.2) is 0 Å². The second kappa shape index (κ2) is 102. The van der Waals surface area contributed by atoms with Crippen molar-refractivity contribution in [2.24, 2.45) is 0 Å². The second-order valence-electron chi connectivity index (χ2n) is 0. The summed E-state index contributed by atoms with van der Waals surface area (Å²) in [6.45, 7) is 0. The van der Waals surface area contributed by atoms with Crippen LogP contribution < -0.4 is 0 Å². The fourth-order valence-corrected chi connectivity index (χ4v) is 0. The first-order chi connectivity index (χ1) is 0. The van der Waals surface area contributed by atoms with E-state index in [9.17, 15) is 0 Å². The summed E-state index contributed by atoms with van der Waals surface area (Å²) in [6, 6.07) is 0. The zero-order chi connectivity index (χ0) is 0. The molecular weight excluding hydrogens is 355 g/mol. The molecule has 0 aromatic carbocycles. The summed E-state index contributed by atoms with van der Waals surface area (Å²) >= 11 is 0. The molecule has 0 atom stereocenters. The number of hydrogen-bond acceptors (Lipinski definition) is 0. The van der Waals surface area contributed by atoms with Gasteiger partial charge in [0, 0.05) is 34.1 Å². The van der Waals surface area contributed by atoms with Gasteiger partial charge >= 0.3 is 0 Å². The molecule has 11 heavy (non-hydrogen) atoms. The Bertz CT molecular complexity index is 7.52. The van der Waals surface area contributed by atoms with Crippen molar-refractivity contribution in [3.05, 3.63) is 0 Å². The van der Waals surface area contributed by atoms with Crippen molar-refractivity contribution in [2.45, 2.75) is 0 Å². The summed E-state index contributed by atoms with van der Waals surface area (Å²) in [5, 5.41) is 0. The molecule has 0 unspecified atom stereocenters. The van der Waals surface area contributed by atoms with Gasteiger partial charge in [0.15, 0.2) is 156 Å². The predicted octanol–water partition coefficient (Wildman–Crippen LogP) is -10.7. The van der Waals surface area contributed by atoms with Crippen LogP contribution in [0.1, 0.15) is 0 Å². The average Bonchev–Trinajstić information content (AvgIpc) is 0. The Morgan fingerprint density at radius 2 is 0.182 bits per heavy atom. The Morgan fingerprint density at radius 1 is 0.182 bits per heavy atom. The SMILES string of the molecule is [AlH3].[AlH3].[AlH3].[AlH3].[AlH3].[AlH3].[AlH3].[AlH3].[AlH3].[Fe].[Fe]. The van der Waals surface area contributed by atoms with Crippen molar-refractivity contribution in [1.82, 2.24) is 0 Å². The van der Waals surface area contributed by atoms with E-state index in [-0.39, 0.29) is 190 Å². The molecule has 0 N–H and O–H groups in total. The van der Waals surface area contributed by atoms with Crippen LogP contribution in [0.2, 0.25) is 0 Å². The van der Waals surface area contributed by atoms with E-state index in [1.54, 1.807) is 0 Å². The molecule has 0 amide bonds. The van der Waals surface area contributed by atoms with Crippen LogP contribution >= 0.6 is 0 Å². The summed E-state index contributed by atoms with van der Waals surface area (Å²) in [5.41, 5.74) is 0. The molecule has 0 aromatic heterocycles. The molecule has 0 heterocycles. The monoisotopic (exact) mass is 382 g/mol. The van der Waals surface area contributed by atoms with Gasteiger partial charge in [0.05, 0.1) is 0 Å². The molecule has 11 heteroatoms. The van der Waals surface area contributed by atoms with Gasteiger partial charge in [0.2, 0.25) is 0 Å². The van der Waals surface area contributed by atoms with E-state index in [4.69, 9.17) is 0 Å². The van der Waals surface area contributed by atoms with Crippen LogP contribution in [0, 0.1) is 0 Å². The molecule has 0 rings (SSSR count). The maximum atomic E-state index is 0. The van der Waals surface area contributed by atoms with Crippen LogP contribution in [0.4, 0.5) is 0 Å². The Labute approximate surface area is 186 Å². The summed E-state index contributed by atoms with van der Waals surface area (Å²) < 4.78 is 0. The summed E-state index contributed by atoms with van der Waals surface area (Å²) in [7, 11) is 0. The molecule has 0 aliphatic rings. The first kappa shape index (κ1) is 124. The van der Waals surface area contributed by atoms with Gasteiger partial charge in [-0.1, -0.05) is 0 Å². The summed E-state index contributed by atoms with van der Waals surface area (Å²) in [4.78, 5) is 0. The Morgan fingerprint density at radius 3 is 0.182 bits per heavy atom. The van der Waals surface area contributed by atoms with Crippen LogP contribution in [0.15, 0.2) is 0 Å². The standard InChI is InChI=1S/9Al.2Fe.27H. The first-order valence-corrected chi connectivity index (χ1v) is 0. The zero-order valence-electron chi connectivity index (χ0n) is 0.707. The molecule has 0 saturated carbocycles. The molecule has 0 nitrogen and oxygen atoms in total. The van der Waals surface area contributed by atoms with E-state index in [0.29, 0.717) is 0 Å². The molecular formula is H27Al9Fe2. The average molecular weight is 382 g/mol. The minimum Gasteiger partial charge on any atom is 0 e. The Kier molecular flexibility index (Phi) is 1160. The van der Waals surface area contributed by atoms with E-state index in [0.717, 1.165) is 0 Å². The van der Waals surface area contributed by atoms with Crippen LogP contribution in [-0.2, 0) is 34.1 Å².